The zero-order valence-corrected chi connectivity index (χ0v) is 57.4. The largest absolute Gasteiger partial charge is 1.00 e. The molecule has 0 aliphatic carbocycles. The number of thiophene rings is 2. The normalized spacial score (nSPS) is 15.7. The maximum Gasteiger partial charge on any atom is 1.00 e. The molecule has 0 radical (unpaired) electrons. The van der Waals surface area contributed by atoms with Crippen LogP contribution in [0.3, 0.4) is 0 Å². The third kappa shape index (κ3) is 19.2. The summed E-state index contributed by atoms with van der Waals surface area (Å²) in [7, 11) is -7.47. The van der Waals surface area contributed by atoms with Crippen molar-refractivity contribution in [3.63, 3.8) is 0 Å². The Bertz CT molecular complexity index is 3740. The number of unbranched alkanes of at least 4 members (excludes halogenated alkanes) is 5. The van der Waals surface area contributed by atoms with Crippen LogP contribution in [0.2, 0.25) is 0 Å². The van der Waals surface area contributed by atoms with Crippen molar-refractivity contribution in [2.45, 2.75) is 151 Å². The number of ether oxygens (including phenoxy) is 2. The monoisotopic (exact) mass is 1330 g/mol. The summed E-state index contributed by atoms with van der Waals surface area (Å²) >= 11 is 3.04. The molecule has 5 aromatic rings. The molecule has 0 bridgehead atoms. The van der Waals surface area contributed by atoms with Crippen LogP contribution in [-0.4, -0.2) is 115 Å². The molecule has 5 amide bonds. The van der Waals surface area contributed by atoms with Crippen molar-refractivity contribution in [1.29, 1.82) is 0 Å². The number of benzene rings is 3. The summed E-state index contributed by atoms with van der Waals surface area (Å²) in [5.74, 6) is -0.679. The summed E-state index contributed by atoms with van der Waals surface area (Å²) in [6.07, 6.45) is 15.1. The van der Waals surface area contributed by atoms with Gasteiger partial charge in [-0.3, -0.25) is 19.2 Å². The number of anilines is 1. The van der Waals surface area contributed by atoms with Crippen LogP contribution in [0.1, 0.15) is 137 Å². The van der Waals surface area contributed by atoms with Crippen LogP contribution in [0.15, 0.2) is 135 Å². The predicted octanol–water partition coefficient (Wildman–Crippen LogP) is 6.79. The van der Waals surface area contributed by atoms with Crippen molar-refractivity contribution in [3.8, 4) is 11.5 Å². The number of hydrogen-bond acceptors (Lipinski definition) is 16. The summed E-state index contributed by atoms with van der Waals surface area (Å²) in [4.78, 5) is 71.0. The molecule has 0 saturated carbocycles. The van der Waals surface area contributed by atoms with E-state index in [-0.39, 0.29) is 70.3 Å². The number of nitrogens with one attached hydrogen (secondary N) is 4. The molecule has 2 atom stereocenters. The predicted molar refractivity (Wildman–Crippen MR) is 342 cm³/mol. The average Bonchev–Trinajstić information content (AvgIpc) is 1.61. The summed E-state index contributed by atoms with van der Waals surface area (Å²) in [5.41, 5.74) is 4.00. The Kier molecular flexibility index (Phi) is 25.4. The fourth-order valence-electron chi connectivity index (χ4n) is 11.6. The Morgan fingerprint density at radius 3 is 1.93 bits per heavy atom. The first-order valence-electron chi connectivity index (χ1n) is 30.0. The minimum absolute atomic E-state index is 0. The van der Waals surface area contributed by atoms with Crippen molar-refractivity contribution in [2.75, 3.05) is 38.4 Å². The molecule has 0 unspecified atom stereocenters. The molecule has 8 rings (SSSR count). The summed E-state index contributed by atoms with van der Waals surface area (Å²) in [6, 6.07) is 18.9. The van der Waals surface area contributed by atoms with Crippen molar-refractivity contribution < 1.29 is 98.6 Å². The van der Waals surface area contributed by atoms with Gasteiger partial charge < -0.3 is 54.8 Å². The Morgan fingerprint density at radius 2 is 1.32 bits per heavy atom. The number of urea groups is 1. The number of carbonyl (C=O) groups excluding carboxylic acids is 4. The van der Waals surface area contributed by atoms with E-state index in [2.05, 4.69) is 26.2 Å². The van der Waals surface area contributed by atoms with E-state index in [1.54, 1.807) is 35.2 Å². The second-order valence-corrected chi connectivity index (χ2v) is 28.3. The minimum Gasteiger partial charge on any atom is -0.744 e. The fourth-order valence-corrected chi connectivity index (χ4v) is 14.0. The van der Waals surface area contributed by atoms with Crippen LogP contribution in [0.4, 0.5) is 16.2 Å². The first-order valence-corrected chi connectivity index (χ1v) is 34.6. The molecule has 2 aromatic heterocycles. The molecule has 0 spiro atoms. The second kappa shape index (κ2) is 32.2. The van der Waals surface area contributed by atoms with E-state index < -0.39 is 61.6 Å². The standard InChI is InChI=1S/C65H79N7O14S4.Na/c1-64(2)49-38-47(89(79,80)81)27-29-53(49)70(5)57(64)22-9-6-10-23-58-65(3,4)50-39-48(90(82,83)84)28-30-54(50)72(58)34-16-8-12-25-60(74)66-32-14-7-11-24-59(73)67-33-15-13-21-51(62(77)71(41-45-19-17-35-87-45)42-46-20-18-36-88-46)68-63(78)69-52(40-61(75)76)44-26-31-55-56(37-44)86-43-85-55;/h6,9-10,17-20,22-23,26-31,35-39,51-52H,7-8,11-16,21,24-25,32-34,40-43H2,1-5H3,(H6-,66,67,68,69,73,74,75,76,78,79,80,81,82,83,84);/q;+1/p-1/t51-,52-;/m0./s1. The number of nitrogens with zero attached hydrogens (tertiary/aromatic N) is 3. The van der Waals surface area contributed by atoms with Gasteiger partial charge in [0.1, 0.15) is 33.3 Å². The number of fused-ring (bicyclic) bond motifs is 3. The van der Waals surface area contributed by atoms with Gasteiger partial charge in [-0.25, -0.2) is 21.6 Å². The molecular formula is C65H78N7NaO14S4. The van der Waals surface area contributed by atoms with Gasteiger partial charge in [0.2, 0.25) is 30.2 Å². The number of allylic oxidation sites excluding steroid dienone is 6. The average molecular weight is 1330 g/mol. The molecule has 0 fully saturated rings. The Morgan fingerprint density at radius 1 is 0.714 bits per heavy atom. The van der Waals surface area contributed by atoms with Crippen LogP contribution < -0.4 is 65.2 Å². The van der Waals surface area contributed by atoms with Crippen LogP contribution in [-0.2, 0) is 63.3 Å². The summed E-state index contributed by atoms with van der Waals surface area (Å²) in [5, 5.41) is 25.2. The molecule has 482 valence electrons. The van der Waals surface area contributed by atoms with E-state index in [0.29, 0.717) is 107 Å². The van der Waals surface area contributed by atoms with Crippen molar-refractivity contribution in [3.05, 3.63) is 152 Å². The third-order valence-electron chi connectivity index (χ3n) is 16.4. The zero-order chi connectivity index (χ0) is 64.8. The molecular weight excluding hydrogens is 1250 g/mol. The molecule has 5 heterocycles. The Balaban J connectivity index is 0.0000118. The minimum atomic E-state index is -4.71. The van der Waals surface area contributed by atoms with Gasteiger partial charge >= 0.3 is 41.6 Å². The van der Waals surface area contributed by atoms with Crippen LogP contribution in [0.5, 0.6) is 11.5 Å². The van der Waals surface area contributed by atoms with E-state index in [1.807, 2.05) is 105 Å². The SMILES string of the molecule is C[N+]1=C(/C=C/C=C/C=C2/N(CCCCCC(=O)NCCCCCC(=O)NCCCC[C@H](NC(=O)N[C@@H](CC(=O)O)c3ccc4c(c3)OCO4)C(=O)N(Cc3cccs3)Cc3cccs3)c3ccc(S(=O)(=O)[O-])cc3C2(C)C)C(C)(C)c2cc(S(=O)(=O)[O-])ccc21.[Na+]. The van der Waals surface area contributed by atoms with Crippen molar-refractivity contribution in [2.24, 2.45) is 0 Å². The van der Waals surface area contributed by atoms with E-state index in [0.717, 1.165) is 50.9 Å². The van der Waals surface area contributed by atoms with Crippen molar-refractivity contribution in [1.82, 2.24) is 26.2 Å². The molecule has 0 saturated heterocycles. The van der Waals surface area contributed by atoms with Gasteiger partial charge in [0, 0.05) is 76.7 Å². The van der Waals surface area contributed by atoms with Crippen LogP contribution >= 0.6 is 22.7 Å². The van der Waals surface area contributed by atoms with Gasteiger partial charge in [-0.1, -0.05) is 63.1 Å². The first kappa shape index (κ1) is 71.8. The molecule has 5 N–H and O–H groups in total. The number of carboxylic acid groups (broad SMARTS) is 1. The van der Waals surface area contributed by atoms with E-state index in [1.165, 1.54) is 46.9 Å². The Labute approximate surface area is 562 Å². The van der Waals surface area contributed by atoms with Crippen LogP contribution in [0, 0.1) is 0 Å². The molecule has 21 nitrogen and oxygen atoms in total. The molecule has 3 aromatic carbocycles. The zero-order valence-electron chi connectivity index (χ0n) is 52.2. The number of carboxylic acids is 1. The molecule has 26 heteroatoms. The maximum absolute atomic E-state index is 14.4. The first-order chi connectivity index (χ1) is 42.8. The smallest absolute Gasteiger partial charge is 0.744 e. The van der Waals surface area contributed by atoms with Gasteiger partial charge in [-0.15, -0.1) is 22.7 Å². The number of amides is 5. The van der Waals surface area contributed by atoms with Gasteiger partial charge in [0.15, 0.2) is 17.2 Å². The quantitative estimate of drug-likeness (QED) is 0.00974. The van der Waals surface area contributed by atoms with Crippen molar-refractivity contribution >= 4 is 89.7 Å². The number of hydrogen-bond donors (Lipinski definition) is 5. The molecule has 3 aliphatic rings. The van der Waals surface area contributed by atoms with Crippen LogP contribution in [0.25, 0.3) is 0 Å². The van der Waals surface area contributed by atoms with Gasteiger partial charge in [-0.2, -0.15) is 4.58 Å². The third-order valence-corrected chi connectivity index (χ3v) is 19.7. The maximum atomic E-state index is 14.4. The van der Waals surface area contributed by atoms with E-state index in [4.69, 9.17) is 9.47 Å². The van der Waals surface area contributed by atoms with Gasteiger partial charge in [0.25, 0.3) is 0 Å². The molecule has 3 aliphatic heterocycles. The fraction of sp³-hybridized carbons (Fsp3) is 0.415. The molecule has 91 heavy (non-hydrogen) atoms. The number of rotatable bonds is 32. The summed E-state index contributed by atoms with van der Waals surface area (Å²) in [6.45, 7) is 9.94. The topological polar surface area (TPSA) is 296 Å². The number of carbonyl (C=O) groups is 5. The second-order valence-electron chi connectivity index (χ2n) is 23.5. The van der Waals surface area contributed by atoms with Gasteiger partial charge in [0.05, 0.1) is 40.8 Å². The van der Waals surface area contributed by atoms with Gasteiger partial charge in [-0.05, 0) is 141 Å². The van der Waals surface area contributed by atoms with E-state index >= 15 is 0 Å². The number of aliphatic carboxylic acids is 1. The summed E-state index contributed by atoms with van der Waals surface area (Å²) < 4.78 is 84.6. The van der Waals surface area contributed by atoms with E-state index in [9.17, 15) is 55.0 Å². The Hall–Kier alpha value is -6.68.